The van der Waals surface area contributed by atoms with Gasteiger partial charge in [0.1, 0.15) is 11.4 Å². The number of hydrogen-bond acceptors (Lipinski definition) is 3. The van der Waals surface area contributed by atoms with Gasteiger partial charge in [-0.05, 0) is 43.1 Å². The maximum absolute atomic E-state index is 12.3. The predicted octanol–water partition coefficient (Wildman–Crippen LogP) is 3.78. The molecule has 4 heteroatoms. The van der Waals surface area contributed by atoms with Crippen LogP contribution in [-0.4, -0.2) is 4.98 Å². The smallest absolute Gasteiger partial charge is 0.312 e. The van der Waals surface area contributed by atoms with E-state index < -0.39 is 0 Å². The van der Waals surface area contributed by atoms with Gasteiger partial charge in [0.05, 0.1) is 5.39 Å². The standard InChI is InChI=1S/C17H16N2OS/c1-12-7-9-14(10-8-12)21-11-17-18-16-6-4-3-5-15(16)13(2)19(17)20/h3-10H,11H2,1-2H3. The van der Waals surface area contributed by atoms with Crippen molar-refractivity contribution >= 4 is 22.7 Å². The number of fused-ring (bicyclic) bond motifs is 1. The molecule has 1 aromatic heterocycles. The molecule has 3 aromatic rings. The van der Waals surface area contributed by atoms with E-state index in [1.165, 1.54) is 5.56 Å². The van der Waals surface area contributed by atoms with E-state index in [1.807, 2.05) is 31.2 Å². The second-order valence-electron chi connectivity index (χ2n) is 5.03. The van der Waals surface area contributed by atoms with Gasteiger partial charge >= 0.3 is 5.82 Å². The number of hydrogen-bond donors (Lipinski definition) is 0. The highest BCUT2D eigenvalue weighted by Gasteiger charge is 2.15. The molecule has 106 valence electrons. The quantitative estimate of drug-likeness (QED) is 0.419. The van der Waals surface area contributed by atoms with Gasteiger partial charge in [0.2, 0.25) is 0 Å². The van der Waals surface area contributed by atoms with Crippen LogP contribution in [0.5, 0.6) is 0 Å². The van der Waals surface area contributed by atoms with Crippen molar-refractivity contribution in [3.05, 3.63) is 70.8 Å². The van der Waals surface area contributed by atoms with E-state index in [4.69, 9.17) is 0 Å². The largest absolute Gasteiger partial charge is 0.711 e. The van der Waals surface area contributed by atoms with Crippen LogP contribution in [0.1, 0.15) is 17.1 Å². The molecule has 3 rings (SSSR count). The Morgan fingerprint density at radius 2 is 1.76 bits per heavy atom. The molecule has 0 radical (unpaired) electrons. The molecule has 21 heavy (non-hydrogen) atoms. The summed E-state index contributed by atoms with van der Waals surface area (Å²) in [6.45, 7) is 3.91. The maximum atomic E-state index is 12.3. The van der Waals surface area contributed by atoms with Crippen molar-refractivity contribution < 1.29 is 4.73 Å². The molecular formula is C17H16N2OS. The van der Waals surface area contributed by atoms with Gasteiger partial charge in [-0.15, -0.1) is 11.8 Å². The average molecular weight is 296 g/mol. The second-order valence-corrected chi connectivity index (χ2v) is 6.08. The van der Waals surface area contributed by atoms with Gasteiger partial charge in [-0.2, -0.15) is 0 Å². The molecule has 0 saturated carbocycles. The molecule has 0 unspecified atom stereocenters. The molecule has 0 aliphatic carbocycles. The van der Waals surface area contributed by atoms with E-state index in [1.54, 1.807) is 11.8 Å². The van der Waals surface area contributed by atoms with Crippen LogP contribution in [0.3, 0.4) is 0 Å². The molecule has 0 aliphatic heterocycles. The van der Waals surface area contributed by atoms with Gasteiger partial charge in [0.15, 0.2) is 5.52 Å². The summed E-state index contributed by atoms with van der Waals surface area (Å²) in [5.41, 5.74) is 2.82. The van der Waals surface area contributed by atoms with Crippen LogP contribution in [0.15, 0.2) is 53.4 Å². The van der Waals surface area contributed by atoms with Crippen LogP contribution in [0.2, 0.25) is 0 Å². The van der Waals surface area contributed by atoms with Crippen molar-refractivity contribution in [2.24, 2.45) is 0 Å². The van der Waals surface area contributed by atoms with Gasteiger partial charge in [0, 0.05) is 4.90 Å². The minimum absolute atomic E-state index is 0.553. The topological polar surface area (TPSA) is 39.8 Å². The van der Waals surface area contributed by atoms with E-state index in [9.17, 15) is 5.21 Å². The van der Waals surface area contributed by atoms with Gasteiger partial charge in [-0.3, -0.25) is 0 Å². The SMILES string of the molecule is Cc1ccc(SCc2nc3ccccc3c(C)[n+]2[O-])cc1. The Labute approximate surface area is 128 Å². The minimum Gasteiger partial charge on any atom is -0.711 e. The Hall–Kier alpha value is -2.07. The number of para-hydroxylation sites is 1. The normalized spacial score (nSPS) is 11.0. The van der Waals surface area contributed by atoms with Crippen LogP contribution >= 0.6 is 11.8 Å². The first kappa shape index (κ1) is 13.9. The Kier molecular flexibility index (Phi) is 3.80. The fourth-order valence-corrected chi connectivity index (χ4v) is 3.04. The van der Waals surface area contributed by atoms with E-state index in [0.717, 1.165) is 20.5 Å². The molecule has 0 N–H and O–H groups in total. The third-order valence-corrected chi connectivity index (χ3v) is 4.48. The molecule has 0 atom stereocenters. The average Bonchev–Trinajstić information content (AvgIpc) is 2.51. The highest BCUT2D eigenvalue weighted by Crippen LogP contribution is 2.22. The van der Waals surface area contributed by atoms with Crippen molar-refractivity contribution in [3.8, 4) is 0 Å². The molecule has 1 heterocycles. The fraction of sp³-hybridized carbons (Fsp3) is 0.176. The molecule has 0 aliphatic rings. The summed E-state index contributed by atoms with van der Waals surface area (Å²) in [5.74, 6) is 1.12. The first-order valence-corrected chi connectivity index (χ1v) is 7.81. The Balaban J connectivity index is 1.90. The zero-order chi connectivity index (χ0) is 14.8. The monoisotopic (exact) mass is 296 g/mol. The number of benzene rings is 2. The fourth-order valence-electron chi connectivity index (χ4n) is 2.24. The van der Waals surface area contributed by atoms with Crippen molar-refractivity contribution in [1.29, 1.82) is 0 Å². The van der Waals surface area contributed by atoms with Gasteiger partial charge in [-0.25, -0.2) is 4.73 Å². The minimum atomic E-state index is 0.553. The molecule has 0 amide bonds. The van der Waals surface area contributed by atoms with Crippen LogP contribution in [0, 0.1) is 19.1 Å². The summed E-state index contributed by atoms with van der Waals surface area (Å²) in [6.07, 6.45) is 0. The van der Waals surface area contributed by atoms with E-state index in [-0.39, 0.29) is 0 Å². The first-order chi connectivity index (χ1) is 10.1. The molecule has 2 aromatic carbocycles. The van der Waals surface area contributed by atoms with Gasteiger partial charge in [-0.1, -0.05) is 29.8 Å². The summed E-state index contributed by atoms with van der Waals surface area (Å²) >= 11 is 1.63. The first-order valence-electron chi connectivity index (χ1n) is 6.82. The lowest BCUT2D eigenvalue weighted by Crippen LogP contribution is -2.36. The van der Waals surface area contributed by atoms with Gasteiger partial charge < -0.3 is 5.21 Å². The van der Waals surface area contributed by atoms with Crippen molar-refractivity contribution in [1.82, 2.24) is 4.98 Å². The van der Waals surface area contributed by atoms with E-state index in [2.05, 4.69) is 36.2 Å². The summed E-state index contributed by atoms with van der Waals surface area (Å²) in [5, 5.41) is 13.2. The molecular weight excluding hydrogens is 280 g/mol. The molecule has 0 bridgehead atoms. The number of aromatic nitrogens is 2. The molecule has 3 nitrogen and oxygen atoms in total. The Morgan fingerprint density at radius 1 is 1.05 bits per heavy atom. The lowest BCUT2D eigenvalue weighted by molar-refractivity contribution is -0.621. The maximum Gasteiger partial charge on any atom is 0.312 e. The number of thioether (sulfide) groups is 1. The molecule has 0 fully saturated rings. The van der Waals surface area contributed by atoms with Crippen molar-refractivity contribution in [2.75, 3.05) is 0 Å². The van der Waals surface area contributed by atoms with Crippen molar-refractivity contribution in [2.45, 2.75) is 24.5 Å². The molecule has 0 saturated heterocycles. The third-order valence-electron chi connectivity index (χ3n) is 3.47. The summed E-state index contributed by atoms with van der Waals surface area (Å²) < 4.78 is 0.948. The highest BCUT2D eigenvalue weighted by molar-refractivity contribution is 7.98. The summed E-state index contributed by atoms with van der Waals surface area (Å²) in [6, 6.07) is 16.1. The predicted molar refractivity (Wildman–Crippen MR) is 86.2 cm³/mol. The lowest BCUT2D eigenvalue weighted by Gasteiger charge is -2.11. The summed E-state index contributed by atoms with van der Waals surface area (Å²) in [4.78, 5) is 5.64. The van der Waals surface area contributed by atoms with Crippen molar-refractivity contribution in [3.63, 3.8) is 0 Å². The number of aryl methyl sites for hydroxylation is 2. The van der Waals surface area contributed by atoms with E-state index in [0.29, 0.717) is 17.3 Å². The van der Waals surface area contributed by atoms with Crippen LogP contribution in [-0.2, 0) is 5.75 Å². The number of rotatable bonds is 3. The van der Waals surface area contributed by atoms with Gasteiger partial charge in [0.25, 0.3) is 0 Å². The number of nitrogens with zero attached hydrogens (tertiary/aromatic N) is 2. The summed E-state index contributed by atoms with van der Waals surface area (Å²) in [7, 11) is 0. The van der Waals surface area contributed by atoms with Crippen LogP contribution in [0.4, 0.5) is 0 Å². The Bertz CT molecular complexity index is 785. The molecule has 0 spiro atoms. The van der Waals surface area contributed by atoms with Crippen LogP contribution < -0.4 is 4.73 Å². The third kappa shape index (κ3) is 2.85. The van der Waals surface area contributed by atoms with E-state index >= 15 is 0 Å². The Morgan fingerprint density at radius 3 is 2.52 bits per heavy atom. The highest BCUT2D eigenvalue weighted by atomic mass is 32.2. The van der Waals surface area contributed by atoms with Crippen LogP contribution in [0.25, 0.3) is 10.9 Å². The lowest BCUT2D eigenvalue weighted by atomic mass is 10.2. The zero-order valence-corrected chi connectivity index (χ0v) is 12.9. The zero-order valence-electron chi connectivity index (χ0n) is 12.0. The second kappa shape index (κ2) is 5.74.